The first kappa shape index (κ1) is 15.1. The number of ether oxygens (including phenoxy) is 1. The number of hydrogen-bond donors (Lipinski definition) is 2. The summed E-state index contributed by atoms with van der Waals surface area (Å²) in [5, 5.41) is 7.05. The summed E-state index contributed by atoms with van der Waals surface area (Å²) >= 11 is 0. The maximum Gasteiger partial charge on any atom is 0.271 e. The van der Waals surface area contributed by atoms with E-state index in [0.29, 0.717) is 24.5 Å². The molecular formula is C15H20N4O2. The molecule has 112 valence electrons. The Labute approximate surface area is 123 Å². The van der Waals surface area contributed by atoms with Crippen LogP contribution in [0.4, 0.5) is 5.69 Å². The van der Waals surface area contributed by atoms with E-state index in [1.807, 2.05) is 26.0 Å². The average Bonchev–Trinajstić information content (AvgIpc) is 2.95. The second kappa shape index (κ2) is 6.90. The monoisotopic (exact) mass is 288 g/mol. The van der Waals surface area contributed by atoms with Gasteiger partial charge in [-0.2, -0.15) is 5.10 Å². The van der Waals surface area contributed by atoms with Gasteiger partial charge in [-0.3, -0.25) is 4.79 Å². The fourth-order valence-corrected chi connectivity index (χ4v) is 1.93. The lowest BCUT2D eigenvalue weighted by Crippen LogP contribution is -2.32. The summed E-state index contributed by atoms with van der Waals surface area (Å²) in [5.41, 5.74) is 7.57. The van der Waals surface area contributed by atoms with Gasteiger partial charge in [-0.1, -0.05) is 6.07 Å². The minimum atomic E-state index is -0.218. The number of anilines is 1. The molecule has 1 atom stereocenters. The fourth-order valence-electron chi connectivity index (χ4n) is 1.93. The third kappa shape index (κ3) is 4.06. The molecule has 0 saturated carbocycles. The van der Waals surface area contributed by atoms with Crippen molar-refractivity contribution in [3.63, 3.8) is 0 Å². The standard InChI is InChI=1S/C15H20N4O2/c1-3-21-11(2)10-17-15(20)14-7-8-19(18-14)13-6-4-5-12(16)9-13/h4-9,11H,3,10,16H2,1-2H3,(H,17,20). The van der Waals surface area contributed by atoms with E-state index in [1.165, 1.54) is 0 Å². The number of carbonyl (C=O) groups excluding carboxylic acids is 1. The van der Waals surface area contributed by atoms with Crippen molar-refractivity contribution in [1.29, 1.82) is 0 Å². The zero-order chi connectivity index (χ0) is 15.2. The molecule has 0 fully saturated rings. The van der Waals surface area contributed by atoms with Crippen LogP contribution in [0.5, 0.6) is 0 Å². The lowest BCUT2D eigenvalue weighted by atomic mass is 10.3. The molecule has 2 rings (SSSR count). The van der Waals surface area contributed by atoms with Gasteiger partial charge in [0.15, 0.2) is 5.69 Å². The molecule has 0 saturated heterocycles. The first-order valence-electron chi connectivity index (χ1n) is 6.91. The molecule has 0 aliphatic heterocycles. The Morgan fingerprint density at radius 3 is 3.00 bits per heavy atom. The molecule has 21 heavy (non-hydrogen) atoms. The molecule has 0 aliphatic carbocycles. The normalized spacial score (nSPS) is 12.1. The fraction of sp³-hybridized carbons (Fsp3) is 0.333. The van der Waals surface area contributed by atoms with Crippen LogP contribution in [0.3, 0.4) is 0 Å². The van der Waals surface area contributed by atoms with Crippen LogP contribution in [0.15, 0.2) is 36.5 Å². The first-order chi connectivity index (χ1) is 10.1. The van der Waals surface area contributed by atoms with E-state index in [-0.39, 0.29) is 12.0 Å². The van der Waals surface area contributed by atoms with Gasteiger partial charge in [-0.15, -0.1) is 0 Å². The van der Waals surface area contributed by atoms with E-state index >= 15 is 0 Å². The Balaban J connectivity index is 2.01. The number of nitrogens with two attached hydrogens (primary N) is 1. The SMILES string of the molecule is CCOC(C)CNC(=O)c1ccn(-c2cccc(N)c2)n1. The van der Waals surface area contributed by atoms with E-state index < -0.39 is 0 Å². The van der Waals surface area contributed by atoms with E-state index in [4.69, 9.17) is 10.5 Å². The van der Waals surface area contributed by atoms with Crippen molar-refractivity contribution in [1.82, 2.24) is 15.1 Å². The number of carbonyl (C=O) groups is 1. The molecule has 2 aromatic rings. The zero-order valence-corrected chi connectivity index (χ0v) is 12.2. The molecule has 0 spiro atoms. The molecule has 6 heteroatoms. The molecule has 1 amide bonds. The maximum atomic E-state index is 12.0. The summed E-state index contributed by atoms with van der Waals surface area (Å²) in [6.07, 6.45) is 1.71. The lowest BCUT2D eigenvalue weighted by Gasteiger charge is -2.11. The number of nitrogen functional groups attached to an aromatic ring is 1. The smallest absolute Gasteiger partial charge is 0.271 e. The lowest BCUT2D eigenvalue weighted by molar-refractivity contribution is 0.0693. The first-order valence-corrected chi connectivity index (χ1v) is 6.91. The van der Waals surface area contributed by atoms with Gasteiger partial charge in [0, 0.05) is 25.0 Å². The van der Waals surface area contributed by atoms with Crippen molar-refractivity contribution in [2.75, 3.05) is 18.9 Å². The Morgan fingerprint density at radius 2 is 2.29 bits per heavy atom. The van der Waals surface area contributed by atoms with Crippen molar-refractivity contribution in [2.45, 2.75) is 20.0 Å². The van der Waals surface area contributed by atoms with Crippen LogP contribution in [-0.2, 0) is 4.74 Å². The summed E-state index contributed by atoms with van der Waals surface area (Å²) < 4.78 is 6.98. The number of hydrogen-bond acceptors (Lipinski definition) is 4. The molecule has 6 nitrogen and oxygen atoms in total. The minimum absolute atomic E-state index is 0.0186. The molecule has 1 aromatic carbocycles. The Morgan fingerprint density at radius 1 is 1.48 bits per heavy atom. The molecule has 0 bridgehead atoms. The molecule has 0 radical (unpaired) electrons. The van der Waals surface area contributed by atoms with Crippen LogP contribution in [0.1, 0.15) is 24.3 Å². The number of amides is 1. The van der Waals surface area contributed by atoms with E-state index in [2.05, 4.69) is 10.4 Å². The highest BCUT2D eigenvalue weighted by atomic mass is 16.5. The van der Waals surface area contributed by atoms with Crippen LogP contribution in [-0.4, -0.2) is 34.9 Å². The van der Waals surface area contributed by atoms with Crippen molar-refractivity contribution in [2.24, 2.45) is 0 Å². The summed E-state index contributed by atoms with van der Waals surface area (Å²) in [6, 6.07) is 8.99. The summed E-state index contributed by atoms with van der Waals surface area (Å²) in [4.78, 5) is 12.0. The van der Waals surface area contributed by atoms with Gasteiger partial charge in [-0.25, -0.2) is 4.68 Å². The Kier molecular flexibility index (Phi) is 4.94. The predicted molar refractivity (Wildman–Crippen MR) is 81.4 cm³/mol. The zero-order valence-electron chi connectivity index (χ0n) is 12.2. The van der Waals surface area contributed by atoms with Crippen LogP contribution in [0.2, 0.25) is 0 Å². The molecule has 1 aromatic heterocycles. The molecule has 3 N–H and O–H groups in total. The van der Waals surface area contributed by atoms with E-state index in [0.717, 1.165) is 5.69 Å². The van der Waals surface area contributed by atoms with Crippen LogP contribution in [0, 0.1) is 0 Å². The second-order valence-corrected chi connectivity index (χ2v) is 4.72. The maximum absolute atomic E-state index is 12.0. The highest BCUT2D eigenvalue weighted by Crippen LogP contribution is 2.11. The topological polar surface area (TPSA) is 82.2 Å². The second-order valence-electron chi connectivity index (χ2n) is 4.72. The third-order valence-corrected chi connectivity index (χ3v) is 2.96. The minimum Gasteiger partial charge on any atom is -0.399 e. The summed E-state index contributed by atoms with van der Waals surface area (Å²) in [7, 11) is 0. The predicted octanol–water partition coefficient (Wildman–Crippen LogP) is 1.61. The molecule has 0 aliphatic rings. The van der Waals surface area contributed by atoms with Gasteiger partial charge in [-0.05, 0) is 38.1 Å². The van der Waals surface area contributed by atoms with Gasteiger partial charge >= 0.3 is 0 Å². The van der Waals surface area contributed by atoms with Gasteiger partial charge in [0.05, 0.1) is 11.8 Å². The largest absolute Gasteiger partial charge is 0.399 e. The van der Waals surface area contributed by atoms with E-state index in [1.54, 1.807) is 29.1 Å². The van der Waals surface area contributed by atoms with E-state index in [9.17, 15) is 4.79 Å². The average molecular weight is 288 g/mol. The van der Waals surface area contributed by atoms with Crippen molar-refractivity contribution < 1.29 is 9.53 Å². The molecule has 1 unspecified atom stereocenters. The number of benzene rings is 1. The summed E-state index contributed by atoms with van der Waals surface area (Å²) in [5.74, 6) is -0.218. The highest BCUT2D eigenvalue weighted by Gasteiger charge is 2.11. The van der Waals surface area contributed by atoms with Crippen LogP contribution < -0.4 is 11.1 Å². The molecule has 1 heterocycles. The number of rotatable bonds is 6. The van der Waals surface area contributed by atoms with Crippen LogP contribution >= 0.6 is 0 Å². The third-order valence-electron chi connectivity index (χ3n) is 2.96. The Hall–Kier alpha value is -2.34. The van der Waals surface area contributed by atoms with Gasteiger partial charge in [0.2, 0.25) is 0 Å². The highest BCUT2D eigenvalue weighted by molar-refractivity contribution is 5.92. The van der Waals surface area contributed by atoms with Gasteiger partial charge in [0.25, 0.3) is 5.91 Å². The van der Waals surface area contributed by atoms with Crippen molar-refractivity contribution in [3.8, 4) is 5.69 Å². The number of nitrogens with zero attached hydrogens (tertiary/aromatic N) is 2. The number of aromatic nitrogens is 2. The summed E-state index contributed by atoms with van der Waals surface area (Å²) in [6.45, 7) is 4.92. The molecular weight excluding hydrogens is 268 g/mol. The Bertz CT molecular complexity index is 609. The number of nitrogens with one attached hydrogen (secondary N) is 1. The van der Waals surface area contributed by atoms with Crippen LogP contribution in [0.25, 0.3) is 5.69 Å². The van der Waals surface area contributed by atoms with Crippen molar-refractivity contribution >= 4 is 11.6 Å². The van der Waals surface area contributed by atoms with Gasteiger partial charge < -0.3 is 15.8 Å². The van der Waals surface area contributed by atoms with Crippen molar-refractivity contribution in [3.05, 3.63) is 42.2 Å². The van der Waals surface area contributed by atoms with Gasteiger partial charge in [0.1, 0.15) is 0 Å². The quantitative estimate of drug-likeness (QED) is 0.791.